The molecule has 2 heterocycles. The second-order valence-corrected chi connectivity index (χ2v) is 7.38. The van der Waals surface area contributed by atoms with Crippen LogP contribution in [0, 0.1) is 5.82 Å². The summed E-state index contributed by atoms with van der Waals surface area (Å²) in [7, 11) is 1.62. The molecule has 1 atom stereocenters. The van der Waals surface area contributed by atoms with Crippen molar-refractivity contribution in [3.05, 3.63) is 83.2 Å². The number of hydrogen-bond acceptors (Lipinski definition) is 4. The lowest BCUT2D eigenvalue weighted by molar-refractivity contribution is -0.132. The van der Waals surface area contributed by atoms with Gasteiger partial charge in [0.05, 0.1) is 31.4 Å². The van der Waals surface area contributed by atoms with Gasteiger partial charge in [0.2, 0.25) is 5.91 Å². The van der Waals surface area contributed by atoms with Crippen molar-refractivity contribution in [2.75, 3.05) is 20.2 Å². The van der Waals surface area contributed by atoms with Gasteiger partial charge in [-0.2, -0.15) is 0 Å². The van der Waals surface area contributed by atoms with Gasteiger partial charge in [-0.3, -0.25) is 9.59 Å². The fourth-order valence-electron chi connectivity index (χ4n) is 3.75. The molecule has 0 bridgehead atoms. The number of halogens is 1. The summed E-state index contributed by atoms with van der Waals surface area (Å²) in [5, 5.41) is 2.72. The smallest absolute Gasteiger partial charge is 0.251 e. The van der Waals surface area contributed by atoms with Crippen LogP contribution in [0.15, 0.2) is 54.9 Å². The summed E-state index contributed by atoms with van der Waals surface area (Å²) in [6, 6.07) is 13.1. The summed E-state index contributed by atoms with van der Waals surface area (Å²) >= 11 is 0. The molecule has 0 saturated carbocycles. The third kappa shape index (κ3) is 4.58. The van der Waals surface area contributed by atoms with E-state index in [1.165, 1.54) is 24.3 Å². The zero-order chi connectivity index (χ0) is 21.8. The highest BCUT2D eigenvalue weighted by Gasteiger charge is 2.31. The van der Waals surface area contributed by atoms with Gasteiger partial charge < -0.3 is 19.9 Å². The number of methoxy groups -OCH3 is 1. The van der Waals surface area contributed by atoms with Crippen LogP contribution in [0.5, 0.6) is 5.75 Å². The van der Waals surface area contributed by atoms with E-state index in [0.717, 1.165) is 22.7 Å². The zero-order valence-corrected chi connectivity index (χ0v) is 17.1. The molecular formula is C23H23FN4O3. The number of hydrogen-bond donors (Lipinski definition) is 2. The lowest BCUT2D eigenvalue weighted by atomic mass is 9.90. The molecule has 7 nitrogen and oxygen atoms in total. The normalized spacial score (nSPS) is 15.3. The summed E-state index contributed by atoms with van der Waals surface area (Å²) in [5.74, 6) is -0.0664. The Morgan fingerprint density at radius 2 is 1.94 bits per heavy atom. The molecule has 160 valence electrons. The number of aromatic amines is 1. The van der Waals surface area contributed by atoms with Gasteiger partial charge >= 0.3 is 0 Å². The van der Waals surface area contributed by atoms with Crippen molar-refractivity contribution in [1.82, 2.24) is 20.2 Å². The van der Waals surface area contributed by atoms with Gasteiger partial charge in [0.1, 0.15) is 11.6 Å². The minimum atomic E-state index is -0.401. The SMILES string of the molecule is COc1ccc(C2CN(C(=O)CCNC(=O)c3ccc(F)cc3)Cc3[nH]cnc32)cc1. The molecule has 0 aliphatic carbocycles. The maximum absolute atomic E-state index is 13.0. The molecule has 2 amide bonds. The number of ether oxygens (including phenoxy) is 1. The Bertz CT molecular complexity index is 1060. The average molecular weight is 422 g/mol. The second-order valence-electron chi connectivity index (χ2n) is 7.38. The highest BCUT2D eigenvalue weighted by atomic mass is 19.1. The monoisotopic (exact) mass is 422 g/mol. The predicted molar refractivity (Wildman–Crippen MR) is 112 cm³/mol. The van der Waals surface area contributed by atoms with Crippen LogP contribution in [0.4, 0.5) is 4.39 Å². The van der Waals surface area contributed by atoms with Crippen LogP contribution in [0.25, 0.3) is 0 Å². The quantitative estimate of drug-likeness (QED) is 0.640. The van der Waals surface area contributed by atoms with Gasteiger partial charge in [-0.1, -0.05) is 12.1 Å². The first kappa shape index (κ1) is 20.6. The van der Waals surface area contributed by atoms with Gasteiger partial charge in [-0.05, 0) is 42.0 Å². The molecule has 1 unspecified atom stereocenters. The van der Waals surface area contributed by atoms with Crippen LogP contribution in [-0.2, 0) is 11.3 Å². The fourth-order valence-corrected chi connectivity index (χ4v) is 3.75. The van der Waals surface area contributed by atoms with E-state index in [9.17, 15) is 14.0 Å². The number of nitrogens with one attached hydrogen (secondary N) is 2. The van der Waals surface area contributed by atoms with Gasteiger partial charge in [-0.25, -0.2) is 9.37 Å². The molecule has 0 fully saturated rings. The Morgan fingerprint density at radius 1 is 1.19 bits per heavy atom. The average Bonchev–Trinajstić information content (AvgIpc) is 3.27. The van der Waals surface area contributed by atoms with E-state index in [0.29, 0.717) is 18.7 Å². The first-order valence-electron chi connectivity index (χ1n) is 10.0. The number of carbonyl (C=O) groups excluding carboxylic acids is 2. The molecule has 31 heavy (non-hydrogen) atoms. The van der Waals surface area contributed by atoms with Gasteiger partial charge in [0.15, 0.2) is 0 Å². The van der Waals surface area contributed by atoms with Crippen molar-refractivity contribution in [1.29, 1.82) is 0 Å². The van der Waals surface area contributed by atoms with Crippen LogP contribution in [0.1, 0.15) is 39.6 Å². The number of aromatic nitrogens is 2. The maximum Gasteiger partial charge on any atom is 0.251 e. The number of H-pyrrole nitrogens is 1. The van der Waals surface area contributed by atoms with Crippen molar-refractivity contribution >= 4 is 11.8 Å². The summed E-state index contributed by atoms with van der Waals surface area (Å²) in [6.45, 7) is 1.16. The number of fused-ring (bicyclic) bond motifs is 1. The maximum atomic E-state index is 13.0. The molecule has 1 aliphatic heterocycles. The molecule has 0 radical (unpaired) electrons. The van der Waals surface area contributed by atoms with Crippen LogP contribution < -0.4 is 10.1 Å². The van der Waals surface area contributed by atoms with Crippen LogP contribution in [0.3, 0.4) is 0 Å². The van der Waals surface area contributed by atoms with Crippen molar-refractivity contribution < 1.29 is 18.7 Å². The zero-order valence-electron chi connectivity index (χ0n) is 17.1. The second kappa shape index (κ2) is 8.99. The number of carbonyl (C=O) groups is 2. The van der Waals surface area contributed by atoms with E-state index >= 15 is 0 Å². The third-order valence-corrected chi connectivity index (χ3v) is 5.44. The molecule has 1 aromatic heterocycles. The highest BCUT2D eigenvalue weighted by molar-refractivity contribution is 5.94. The Kier molecular flexibility index (Phi) is 5.97. The topological polar surface area (TPSA) is 87.3 Å². The molecule has 4 rings (SSSR count). The van der Waals surface area contributed by atoms with Crippen molar-refractivity contribution in [2.45, 2.75) is 18.9 Å². The third-order valence-electron chi connectivity index (χ3n) is 5.44. The first-order valence-corrected chi connectivity index (χ1v) is 10.0. The summed E-state index contributed by atoms with van der Waals surface area (Å²) in [4.78, 5) is 34.4. The molecule has 1 aliphatic rings. The van der Waals surface area contributed by atoms with E-state index in [1.807, 2.05) is 24.3 Å². The molecule has 8 heteroatoms. The van der Waals surface area contributed by atoms with Crippen LogP contribution >= 0.6 is 0 Å². The van der Waals surface area contributed by atoms with Crippen molar-refractivity contribution in [2.24, 2.45) is 0 Å². The lowest BCUT2D eigenvalue weighted by Crippen LogP contribution is -2.40. The Labute approximate surface area is 179 Å². The Balaban J connectivity index is 1.39. The van der Waals surface area contributed by atoms with E-state index in [2.05, 4.69) is 15.3 Å². The van der Waals surface area contributed by atoms with E-state index in [1.54, 1.807) is 18.3 Å². The van der Waals surface area contributed by atoms with Gasteiger partial charge in [-0.15, -0.1) is 0 Å². The number of nitrogens with zero attached hydrogens (tertiary/aromatic N) is 2. The largest absolute Gasteiger partial charge is 0.497 e. The van der Waals surface area contributed by atoms with E-state index in [4.69, 9.17) is 4.74 Å². The standard InChI is InChI=1S/C23H23FN4O3/c1-31-18-8-4-15(5-9-18)19-12-28(13-20-22(19)27-14-26-20)21(29)10-11-25-23(30)16-2-6-17(24)7-3-16/h2-9,14,19H,10-13H2,1H3,(H,25,30)(H,26,27). The van der Waals surface area contributed by atoms with Crippen molar-refractivity contribution in [3.8, 4) is 5.75 Å². The minimum Gasteiger partial charge on any atom is -0.497 e. The minimum absolute atomic E-state index is 0.0429. The van der Waals surface area contributed by atoms with E-state index < -0.39 is 5.82 Å². The lowest BCUT2D eigenvalue weighted by Gasteiger charge is -2.32. The molecule has 0 saturated heterocycles. The number of rotatable bonds is 6. The predicted octanol–water partition coefficient (Wildman–Crippen LogP) is 2.85. The number of imidazole rings is 1. The van der Waals surface area contributed by atoms with Gasteiger partial charge in [0, 0.05) is 31.0 Å². The van der Waals surface area contributed by atoms with Crippen LogP contribution in [-0.4, -0.2) is 46.9 Å². The summed E-state index contributed by atoms with van der Waals surface area (Å²) in [5.41, 5.74) is 3.26. The fraction of sp³-hybridized carbons (Fsp3) is 0.261. The Hall–Kier alpha value is -3.68. The van der Waals surface area contributed by atoms with Gasteiger partial charge in [0.25, 0.3) is 5.91 Å². The molecule has 0 spiro atoms. The molecule has 2 N–H and O–H groups in total. The number of amides is 2. The van der Waals surface area contributed by atoms with Crippen molar-refractivity contribution in [3.63, 3.8) is 0 Å². The first-order chi connectivity index (χ1) is 15.0. The highest BCUT2D eigenvalue weighted by Crippen LogP contribution is 2.32. The number of benzene rings is 2. The summed E-state index contributed by atoms with van der Waals surface area (Å²) in [6.07, 6.45) is 1.82. The van der Waals surface area contributed by atoms with E-state index in [-0.39, 0.29) is 30.7 Å². The molecule has 3 aromatic rings. The molecule has 2 aromatic carbocycles. The summed E-state index contributed by atoms with van der Waals surface area (Å²) < 4.78 is 18.2. The van der Waals surface area contributed by atoms with Crippen LogP contribution in [0.2, 0.25) is 0 Å². The molecular weight excluding hydrogens is 399 g/mol. The Morgan fingerprint density at radius 3 is 2.65 bits per heavy atom.